The number of hydrogen-bond acceptors (Lipinski definition) is 5. The number of carbonyl (C=O) groups excluding carboxylic acids is 3. The Kier molecular flexibility index (Phi) is 18.3. The number of ether oxygens (including phenoxy) is 2. The molecule has 0 spiro atoms. The molecule has 6 rings (SSSR count). The van der Waals surface area contributed by atoms with Gasteiger partial charge < -0.3 is 29.7 Å². The molecule has 1 fully saturated rings. The van der Waals surface area contributed by atoms with Gasteiger partial charge in [0.05, 0.1) is 7.11 Å². The van der Waals surface area contributed by atoms with Crippen LogP contribution in [0.5, 0.6) is 0 Å². The van der Waals surface area contributed by atoms with E-state index in [2.05, 4.69) is 62.0 Å². The molecule has 0 unspecified atom stereocenters. The van der Waals surface area contributed by atoms with E-state index in [4.69, 9.17) is 29.7 Å². The van der Waals surface area contributed by atoms with Gasteiger partial charge in [0.1, 0.15) is 12.5 Å². The van der Waals surface area contributed by atoms with Crippen LogP contribution >= 0.6 is 0 Å². The van der Waals surface area contributed by atoms with E-state index in [0.29, 0.717) is 46.1 Å². The van der Waals surface area contributed by atoms with Gasteiger partial charge in [0, 0.05) is 12.0 Å². The SMILES string of the molecule is C=Cc1c2[n-]c(c1C)/C=C1\[N-]/C(=C3\c4[n-]c(c(C)c4C(=O)[C@@H]3C(=O)OC)/C=c3\[n-]/c(c(C)c3CC)=C\2)[C@@H](CCC(=O)OC/C=C(\C)CCC[C@@H](C)CCC[C@H](C)CCCC(C)C)[C@@H]1C.[Mg+2]. The third kappa shape index (κ3) is 11.6. The first-order valence-electron chi connectivity index (χ1n) is 24.0. The van der Waals surface area contributed by atoms with Crippen molar-refractivity contribution in [1.29, 1.82) is 0 Å². The quantitative estimate of drug-likeness (QED) is 0.0475. The van der Waals surface area contributed by atoms with Gasteiger partial charge in [-0.2, -0.15) is 11.4 Å². The van der Waals surface area contributed by atoms with Gasteiger partial charge in [0.15, 0.2) is 5.78 Å². The molecular formula is C55H72MgN4O5-2. The van der Waals surface area contributed by atoms with Crippen LogP contribution < -0.4 is 25.7 Å². The van der Waals surface area contributed by atoms with Gasteiger partial charge in [-0.3, -0.25) is 14.4 Å². The van der Waals surface area contributed by atoms with E-state index in [1.54, 1.807) is 0 Å². The average molecular weight is 894 g/mol. The zero-order valence-electron chi connectivity index (χ0n) is 41.3. The average Bonchev–Trinajstić information content (AvgIpc) is 3.99. The van der Waals surface area contributed by atoms with E-state index in [1.165, 1.54) is 57.6 Å². The molecule has 2 aliphatic heterocycles. The number of rotatable bonds is 20. The predicted molar refractivity (Wildman–Crippen MR) is 265 cm³/mol. The maximum Gasteiger partial charge on any atom is 2.00 e. The summed E-state index contributed by atoms with van der Waals surface area (Å²) in [6.45, 7) is 26.0. The van der Waals surface area contributed by atoms with Crippen molar-refractivity contribution < 1.29 is 23.9 Å². The summed E-state index contributed by atoms with van der Waals surface area (Å²) >= 11 is 0. The normalized spacial score (nSPS) is 21.7. The van der Waals surface area contributed by atoms with Crippen molar-refractivity contribution in [3.8, 4) is 0 Å². The molecule has 65 heavy (non-hydrogen) atoms. The number of allylic oxidation sites excluding steroid dienone is 3. The summed E-state index contributed by atoms with van der Waals surface area (Å²) in [6.07, 6.45) is 22.4. The van der Waals surface area contributed by atoms with Gasteiger partial charge in [0.25, 0.3) is 0 Å². The zero-order chi connectivity index (χ0) is 46.4. The molecule has 0 amide bonds. The summed E-state index contributed by atoms with van der Waals surface area (Å²) in [6, 6.07) is 0. The Balaban J connectivity index is 0.00000793. The topological polar surface area (TPSA) is 126 Å². The second kappa shape index (κ2) is 22.9. The van der Waals surface area contributed by atoms with Crippen LogP contribution in [-0.4, -0.2) is 54.5 Å². The second-order valence-electron chi connectivity index (χ2n) is 19.4. The van der Waals surface area contributed by atoms with Gasteiger partial charge in [-0.25, -0.2) is 0 Å². The molecule has 0 saturated carbocycles. The van der Waals surface area contributed by atoms with Gasteiger partial charge >= 0.3 is 35.0 Å². The van der Waals surface area contributed by atoms with E-state index < -0.39 is 11.9 Å². The first kappa shape index (κ1) is 51.7. The van der Waals surface area contributed by atoms with Crippen LogP contribution in [-0.2, 0) is 25.5 Å². The Bertz CT molecular complexity index is 2450. The molecule has 3 aliphatic rings. The third-order valence-corrected chi connectivity index (χ3v) is 14.2. The fourth-order valence-electron chi connectivity index (χ4n) is 10.1. The molecule has 3 aromatic rings. The van der Waals surface area contributed by atoms with E-state index in [-0.39, 0.29) is 59.7 Å². The number of fused-ring (bicyclic) bond motifs is 7. The summed E-state index contributed by atoms with van der Waals surface area (Å²) in [5.74, 6) is -0.711. The molecule has 5 atom stereocenters. The van der Waals surface area contributed by atoms with Crippen LogP contribution in [0.15, 0.2) is 29.6 Å². The predicted octanol–water partition coefficient (Wildman–Crippen LogP) is 10.4. The fourth-order valence-corrected chi connectivity index (χ4v) is 10.1. The van der Waals surface area contributed by atoms with Crippen LogP contribution in [0.1, 0.15) is 180 Å². The number of nitrogens with zero attached hydrogens (tertiary/aromatic N) is 4. The van der Waals surface area contributed by atoms with Crippen molar-refractivity contribution in [2.24, 2.45) is 35.5 Å². The molecular weight excluding hydrogens is 821 g/mol. The third-order valence-electron chi connectivity index (χ3n) is 14.2. The molecule has 0 aromatic carbocycles. The number of hydrogen-bond donors (Lipinski definition) is 0. The van der Waals surface area contributed by atoms with Crippen molar-refractivity contribution in [1.82, 2.24) is 15.0 Å². The van der Waals surface area contributed by atoms with Crippen LogP contribution in [0.4, 0.5) is 0 Å². The van der Waals surface area contributed by atoms with Crippen molar-refractivity contribution in [2.75, 3.05) is 13.7 Å². The molecule has 1 saturated heterocycles. The summed E-state index contributed by atoms with van der Waals surface area (Å²) in [5, 5.41) is 6.83. The minimum Gasteiger partial charge on any atom is -0.664 e. The molecule has 9 nitrogen and oxygen atoms in total. The second-order valence-corrected chi connectivity index (χ2v) is 19.4. The zero-order valence-corrected chi connectivity index (χ0v) is 42.7. The Hall–Kier alpha value is -4.28. The maximum atomic E-state index is 14.4. The molecule has 10 heteroatoms. The van der Waals surface area contributed by atoms with Crippen LogP contribution in [0.25, 0.3) is 35.2 Å². The van der Waals surface area contributed by atoms with E-state index >= 15 is 0 Å². The van der Waals surface area contributed by atoms with Crippen molar-refractivity contribution in [2.45, 2.75) is 146 Å². The van der Waals surface area contributed by atoms with Crippen molar-refractivity contribution in [3.63, 3.8) is 0 Å². The Labute approximate surface area is 404 Å². The van der Waals surface area contributed by atoms with Crippen molar-refractivity contribution >= 4 is 70.7 Å². The van der Waals surface area contributed by atoms with E-state index in [0.717, 1.165) is 81.1 Å². The number of carbonyl (C=O) groups is 3. The fraction of sp³-hybridized carbons (Fsp3) is 0.545. The maximum absolute atomic E-state index is 14.4. The van der Waals surface area contributed by atoms with E-state index in [9.17, 15) is 14.4 Å². The van der Waals surface area contributed by atoms with E-state index in [1.807, 2.05) is 44.2 Å². The Morgan fingerprint density at radius 1 is 0.831 bits per heavy atom. The molecule has 0 radical (unpaired) electrons. The number of esters is 2. The standard InChI is InChI=1S/C55H73N4O5.Mg/c1-13-39-35(8)42-28-44-37(10)41(24-25-48(60)64-27-26-34(7)23-17-22-33(6)21-16-20-32(5)19-15-18-31(3)4)52(58-44)50-51(55(62)63-12)54(61)49-38(11)45(59-53(49)50)30-47-40(14-2)36(9)43(57-47)29-46(39)56-42;/h13,26,28-33,37,41,51H,1,14-25,27H2,2-12H3,(H-,58,59,61);/q-3;+2/p-1/b34-26+,43-29-,44-28-,47-30-;/t32-,33+,37+,41+,51-;/m1./s1. The number of aromatic nitrogens is 3. The van der Waals surface area contributed by atoms with Gasteiger partial charge in [-0.15, -0.1) is 33.5 Å². The first-order chi connectivity index (χ1) is 30.6. The monoisotopic (exact) mass is 893 g/mol. The summed E-state index contributed by atoms with van der Waals surface area (Å²) in [4.78, 5) is 56.6. The minimum atomic E-state index is -1.22. The Morgan fingerprint density at radius 3 is 2.12 bits per heavy atom. The largest absolute Gasteiger partial charge is 2.00 e. The van der Waals surface area contributed by atoms with Gasteiger partial charge in [0.2, 0.25) is 0 Å². The van der Waals surface area contributed by atoms with Crippen molar-refractivity contribution in [3.05, 3.63) is 102 Å². The smallest absolute Gasteiger partial charge is 0.664 e. The number of ketones is 1. The van der Waals surface area contributed by atoms with Crippen LogP contribution in [0.2, 0.25) is 0 Å². The molecule has 3 aromatic heterocycles. The van der Waals surface area contributed by atoms with Gasteiger partial charge in [-0.1, -0.05) is 151 Å². The molecule has 0 N–H and O–H groups in total. The first-order valence-corrected chi connectivity index (χ1v) is 24.0. The van der Waals surface area contributed by atoms with Crippen LogP contribution in [0.3, 0.4) is 0 Å². The molecule has 346 valence electrons. The van der Waals surface area contributed by atoms with Crippen LogP contribution in [0, 0.1) is 56.3 Å². The summed E-state index contributed by atoms with van der Waals surface area (Å²) in [7, 11) is 1.30. The molecule has 5 heterocycles. The summed E-state index contributed by atoms with van der Waals surface area (Å²) < 4.78 is 11.0. The molecule has 8 bridgehead atoms. The Morgan fingerprint density at radius 2 is 1.48 bits per heavy atom. The summed E-state index contributed by atoms with van der Waals surface area (Å²) in [5.41, 5.74) is 10.7. The van der Waals surface area contributed by atoms with Gasteiger partial charge in [-0.05, 0) is 94.6 Å². The minimum absolute atomic E-state index is 0. The molecule has 1 aliphatic carbocycles. The number of methoxy groups -OCH3 is 1. The number of Topliss-reactive ketones (excluding diaryl/α,β-unsaturated/α-hetero) is 1.